The normalized spacial score (nSPS) is 14.1. The third-order valence-corrected chi connectivity index (χ3v) is 4.28. The molecule has 22 heavy (non-hydrogen) atoms. The van der Waals surface area contributed by atoms with E-state index in [1.54, 1.807) is 0 Å². The van der Waals surface area contributed by atoms with Gasteiger partial charge in [0.1, 0.15) is 6.54 Å². The molecule has 0 saturated carbocycles. The van der Waals surface area contributed by atoms with Gasteiger partial charge in [0.05, 0.1) is 26.6 Å². The van der Waals surface area contributed by atoms with Crippen LogP contribution in [-0.2, 0) is 14.8 Å². The number of carboxylic acids is 1. The Labute approximate surface area is 124 Å². The Balaban J connectivity index is 4.63. The van der Waals surface area contributed by atoms with Gasteiger partial charge in [0, 0.05) is 13.0 Å². The number of likely N-dealkylation sites (N-methyl/N-ethyl adjacent to an activating group) is 1. The Morgan fingerprint density at radius 2 is 1.73 bits per heavy atom. The fourth-order valence-corrected chi connectivity index (χ4v) is 2.55. The first-order chi connectivity index (χ1) is 9.68. The maximum atomic E-state index is 13.1. The highest BCUT2D eigenvalue weighted by Gasteiger charge is 2.65. The predicted molar refractivity (Wildman–Crippen MR) is 64.3 cm³/mol. The molecule has 1 N–H and O–H groups in total. The lowest BCUT2D eigenvalue weighted by molar-refractivity contribution is -0.884. The highest BCUT2D eigenvalue weighted by Crippen LogP contribution is 2.38. The Hall–Kier alpha value is -1.01. The van der Waals surface area contributed by atoms with Crippen molar-refractivity contribution in [3.05, 3.63) is 0 Å². The van der Waals surface area contributed by atoms with E-state index in [1.807, 2.05) is 0 Å². The first-order valence-electron chi connectivity index (χ1n) is 6.01. The van der Waals surface area contributed by atoms with E-state index in [1.165, 1.54) is 18.8 Å². The summed E-state index contributed by atoms with van der Waals surface area (Å²) in [5.41, 5.74) is 0. The number of halogens is 5. The molecule has 0 atom stereocenters. The number of quaternary nitrogens is 1. The molecule has 0 fully saturated rings. The second kappa shape index (κ2) is 7.04. The number of hydrogen-bond acceptors (Lipinski definition) is 4. The maximum absolute atomic E-state index is 13.1. The molecule has 0 amide bonds. The second-order valence-corrected chi connectivity index (χ2v) is 7.10. The first kappa shape index (κ1) is 21.0. The van der Waals surface area contributed by atoms with Gasteiger partial charge in [-0.3, -0.25) is 0 Å². The Morgan fingerprint density at radius 3 is 2.14 bits per heavy atom. The molecular formula is C10H17F5N2O4S. The van der Waals surface area contributed by atoms with E-state index in [2.05, 4.69) is 0 Å². The van der Waals surface area contributed by atoms with E-state index >= 15 is 0 Å². The van der Waals surface area contributed by atoms with Gasteiger partial charge in [-0.05, 0) is 0 Å². The highest BCUT2D eigenvalue weighted by molar-refractivity contribution is 7.90. The molecule has 0 rings (SSSR count). The van der Waals surface area contributed by atoms with Crippen LogP contribution >= 0.6 is 0 Å². The van der Waals surface area contributed by atoms with E-state index in [0.29, 0.717) is 0 Å². The molecule has 0 bridgehead atoms. The van der Waals surface area contributed by atoms with Gasteiger partial charge in [-0.25, -0.2) is 17.5 Å². The lowest BCUT2D eigenvalue weighted by Gasteiger charge is -2.30. The first-order valence-corrected chi connectivity index (χ1v) is 7.49. The molecule has 0 aliphatic rings. The van der Waals surface area contributed by atoms with Crippen molar-refractivity contribution in [2.24, 2.45) is 0 Å². The van der Waals surface area contributed by atoms with Gasteiger partial charge in [0.15, 0.2) is 6.67 Å². The minimum Gasteiger partial charge on any atom is -0.544 e. The van der Waals surface area contributed by atoms with E-state index in [-0.39, 0.29) is 17.4 Å². The molecule has 0 unspecified atom stereocenters. The van der Waals surface area contributed by atoms with Crippen molar-refractivity contribution in [3.8, 4) is 0 Å². The Bertz CT molecular complexity index is 496. The summed E-state index contributed by atoms with van der Waals surface area (Å²) < 4.78 is 86.8. The molecule has 0 aromatic heterocycles. The number of rotatable bonds is 10. The summed E-state index contributed by atoms with van der Waals surface area (Å²) in [6.07, 6.45) is -0.100. The van der Waals surface area contributed by atoms with Crippen molar-refractivity contribution >= 4 is 16.0 Å². The maximum Gasteiger partial charge on any atom is 0.423 e. The van der Waals surface area contributed by atoms with Crippen LogP contribution in [0.1, 0.15) is 6.42 Å². The molecular weight excluding hydrogens is 339 g/mol. The number of aliphatic carboxylic acids is 1. The van der Waals surface area contributed by atoms with Crippen LogP contribution in [-0.4, -0.2) is 70.5 Å². The molecule has 132 valence electrons. The number of hydrogen-bond donors (Lipinski definition) is 1. The van der Waals surface area contributed by atoms with Crippen molar-refractivity contribution in [1.29, 1.82) is 0 Å². The van der Waals surface area contributed by atoms with Crippen LogP contribution in [0, 0.1) is 0 Å². The van der Waals surface area contributed by atoms with Crippen LogP contribution in [0.3, 0.4) is 0 Å². The quantitative estimate of drug-likeness (QED) is 0.319. The largest absolute Gasteiger partial charge is 0.544 e. The van der Waals surface area contributed by atoms with Gasteiger partial charge in [-0.15, -0.1) is 0 Å². The van der Waals surface area contributed by atoms with E-state index in [9.17, 15) is 40.3 Å². The van der Waals surface area contributed by atoms with Gasteiger partial charge >= 0.3 is 11.2 Å². The van der Waals surface area contributed by atoms with Crippen molar-refractivity contribution in [3.63, 3.8) is 0 Å². The molecule has 0 spiro atoms. The number of carbonyl (C=O) groups is 1. The molecule has 6 nitrogen and oxygen atoms in total. The summed E-state index contributed by atoms with van der Waals surface area (Å²) in [4.78, 5) is 10.4. The zero-order chi connectivity index (χ0) is 17.8. The monoisotopic (exact) mass is 356 g/mol. The molecule has 0 radical (unpaired) electrons. The molecule has 0 aromatic rings. The summed E-state index contributed by atoms with van der Waals surface area (Å²) in [6, 6.07) is 0. The topological polar surface area (TPSA) is 86.3 Å². The zero-order valence-corrected chi connectivity index (χ0v) is 12.7. The summed E-state index contributed by atoms with van der Waals surface area (Å²) >= 11 is 0. The van der Waals surface area contributed by atoms with Crippen molar-refractivity contribution < 1.29 is 44.8 Å². The fourth-order valence-electron chi connectivity index (χ4n) is 1.51. The average molecular weight is 356 g/mol. The summed E-state index contributed by atoms with van der Waals surface area (Å²) in [5, 5.41) is 4.83. The Kier molecular flexibility index (Phi) is 6.72. The standard InChI is InChI=1S/C10H17F5N2O4S/c1-17(2,6-8(18)19)5-3-4-16-22(20,21)10(14,15)9(12,13)7-11/h16H,3-7H2,1-2H3. The Morgan fingerprint density at radius 1 is 1.23 bits per heavy atom. The van der Waals surface area contributed by atoms with Gasteiger partial charge in [-0.2, -0.15) is 17.6 Å². The number of carboxylic acid groups (broad SMARTS) is 1. The third kappa shape index (κ3) is 5.32. The van der Waals surface area contributed by atoms with Crippen LogP contribution < -0.4 is 9.83 Å². The predicted octanol–water partition coefficient (Wildman–Crippen LogP) is -0.680. The summed E-state index contributed by atoms with van der Waals surface area (Å²) in [6.45, 7) is -3.80. The van der Waals surface area contributed by atoms with Crippen LogP contribution in [0.25, 0.3) is 0 Å². The van der Waals surface area contributed by atoms with Crippen LogP contribution in [0.5, 0.6) is 0 Å². The minimum absolute atomic E-state index is 0.0571. The van der Waals surface area contributed by atoms with Gasteiger partial charge < -0.3 is 14.4 Å². The SMILES string of the molecule is C[N+](C)(CCCNS(=O)(=O)C(F)(F)C(F)(F)CF)CC(=O)[O-]. The van der Waals surface area contributed by atoms with E-state index in [4.69, 9.17) is 0 Å². The van der Waals surface area contributed by atoms with E-state index < -0.39 is 46.9 Å². The smallest absolute Gasteiger partial charge is 0.423 e. The summed E-state index contributed by atoms with van der Waals surface area (Å²) in [5.74, 6) is -6.71. The minimum atomic E-state index is -5.78. The highest BCUT2D eigenvalue weighted by atomic mass is 32.2. The number of nitrogens with one attached hydrogen (secondary N) is 1. The molecule has 0 aliphatic carbocycles. The van der Waals surface area contributed by atoms with Crippen molar-refractivity contribution in [1.82, 2.24) is 4.72 Å². The molecule has 0 saturated heterocycles. The van der Waals surface area contributed by atoms with E-state index in [0.717, 1.165) is 0 Å². The van der Waals surface area contributed by atoms with Gasteiger partial charge in [-0.1, -0.05) is 0 Å². The number of nitrogens with zero attached hydrogens (tertiary/aromatic N) is 1. The van der Waals surface area contributed by atoms with Crippen LogP contribution in [0.4, 0.5) is 22.0 Å². The van der Waals surface area contributed by atoms with Gasteiger partial charge in [0.25, 0.3) is 10.0 Å². The fraction of sp³-hybridized carbons (Fsp3) is 0.900. The second-order valence-electron chi connectivity index (χ2n) is 5.30. The van der Waals surface area contributed by atoms with Crippen LogP contribution in [0.2, 0.25) is 0 Å². The number of sulfonamides is 1. The average Bonchev–Trinajstić information content (AvgIpc) is 2.32. The molecule has 0 aliphatic heterocycles. The van der Waals surface area contributed by atoms with Gasteiger partial charge in [0.2, 0.25) is 0 Å². The van der Waals surface area contributed by atoms with Crippen molar-refractivity contribution in [2.45, 2.75) is 17.6 Å². The lowest BCUT2D eigenvalue weighted by Crippen LogP contribution is -2.54. The molecule has 0 heterocycles. The molecule has 12 heteroatoms. The lowest BCUT2D eigenvalue weighted by atomic mass is 10.3. The van der Waals surface area contributed by atoms with Crippen molar-refractivity contribution in [2.75, 3.05) is 40.4 Å². The number of carbonyl (C=O) groups excluding carboxylic acids is 1. The number of alkyl halides is 5. The zero-order valence-electron chi connectivity index (χ0n) is 11.9. The summed E-state index contributed by atoms with van der Waals surface area (Å²) in [7, 11) is -2.84. The van der Waals surface area contributed by atoms with Crippen LogP contribution in [0.15, 0.2) is 0 Å². The molecule has 0 aromatic carbocycles. The third-order valence-electron chi connectivity index (χ3n) is 2.72.